The molecule has 0 aliphatic carbocycles. The van der Waals surface area contributed by atoms with E-state index in [1.54, 1.807) is 0 Å². The third-order valence-corrected chi connectivity index (χ3v) is 4.06. The molecule has 21 heavy (non-hydrogen) atoms. The fourth-order valence-electron chi connectivity index (χ4n) is 2.55. The van der Waals surface area contributed by atoms with Crippen LogP contribution < -0.4 is 9.64 Å². The summed E-state index contributed by atoms with van der Waals surface area (Å²) in [6, 6.07) is 15.7. The van der Waals surface area contributed by atoms with Crippen LogP contribution in [0.3, 0.4) is 0 Å². The van der Waals surface area contributed by atoms with E-state index < -0.39 is 0 Å². The van der Waals surface area contributed by atoms with Crippen LogP contribution in [-0.4, -0.2) is 19.1 Å². The number of anilines is 1. The molecule has 0 saturated heterocycles. The van der Waals surface area contributed by atoms with Crippen molar-refractivity contribution in [2.24, 2.45) is 0 Å². The standard InChI is InChI=1S/C17H16BrNO2/c18-14-5-3-6-15(12-14)21-11-9-17(20)19-10-8-13-4-1-2-7-16(13)19/h1-7,12H,8-11H2. The van der Waals surface area contributed by atoms with Crippen LogP contribution in [0, 0.1) is 0 Å². The molecule has 108 valence electrons. The minimum absolute atomic E-state index is 0.120. The van der Waals surface area contributed by atoms with Gasteiger partial charge in [-0.05, 0) is 36.2 Å². The van der Waals surface area contributed by atoms with Crippen molar-refractivity contribution >= 4 is 27.5 Å². The maximum atomic E-state index is 12.3. The predicted molar refractivity (Wildman–Crippen MR) is 86.8 cm³/mol. The largest absolute Gasteiger partial charge is 0.493 e. The van der Waals surface area contributed by atoms with E-state index in [1.807, 2.05) is 47.4 Å². The van der Waals surface area contributed by atoms with E-state index in [9.17, 15) is 4.79 Å². The lowest BCUT2D eigenvalue weighted by Crippen LogP contribution is -2.30. The smallest absolute Gasteiger partial charge is 0.230 e. The number of carbonyl (C=O) groups excluding carboxylic acids is 1. The van der Waals surface area contributed by atoms with E-state index in [0.29, 0.717) is 13.0 Å². The molecule has 0 unspecified atom stereocenters. The fourth-order valence-corrected chi connectivity index (χ4v) is 2.92. The molecule has 0 atom stereocenters. The number of carbonyl (C=O) groups is 1. The van der Waals surface area contributed by atoms with E-state index in [-0.39, 0.29) is 5.91 Å². The second kappa shape index (κ2) is 6.31. The van der Waals surface area contributed by atoms with Crippen molar-refractivity contribution in [2.75, 3.05) is 18.1 Å². The second-order valence-electron chi connectivity index (χ2n) is 4.98. The molecular formula is C17H16BrNO2. The first-order valence-electron chi connectivity index (χ1n) is 7.01. The third-order valence-electron chi connectivity index (χ3n) is 3.57. The quantitative estimate of drug-likeness (QED) is 0.843. The van der Waals surface area contributed by atoms with E-state index in [0.717, 1.165) is 28.9 Å². The molecule has 2 aromatic carbocycles. The van der Waals surface area contributed by atoms with E-state index in [4.69, 9.17) is 4.74 Å². The van der Waals surface area contributed by atoms with Crippen molar-refractivity contribution in [3.63, 3.8) is 0 Å². The van der Waals surface area contributed by atoms with Crippen molar-refractivity contribution in [1.82, 2.24) is 0 Å². The van der Waals surface area contributed by atoms with Crippen LogP contribution in [0.4, 0.5) is 5.69 Å². The molecule has 0 radical (unpaired) electrons. The van der Waals surface area contributed by atoms with Gasteiger partial charge in [-0.15, -0.1) is 0 Å². The molecule has 1 aliphatic rings. The van der Waals surface area contributed by atoms with Crippen molar-refractivity contribution in [3.05, 3.63) is 58.6 Å². The molecule has 1 heterocycles. The molecule has 3 nitrogen and oxygen atoms in total. The lowest BCUT2D eigenvalue weighted by Gasteiger charge is -2.17. The van der Waals surface area contributed by atoms with Crippen molar-refractivity contribution in [3.8, 4) is 5.75 Å². The Morgan fingerprint density at radius 2 is 2.05 bits per heavy atom. The molecular weight excluding hydrogens is 330 g/mol. The number of rotatable bonds is 4. The Hall–Kier alpha value is -1.81. The molecule has 2 aromatic rings. The second-order valence-corrected chi connectivity index (χ2v) is 5.90. The summed E-state index contributed by atoms with van der Waals surface area (Å²) < 4.78 is 6.60. The van der Waals surface area contributed by atoms with Gasteiger partial charge in [-0.25, -0.2) is 0 Å². The molecule has 0 bridgehead atoms. The molecule has 1 amide bonds. The molecule has 4 heteroatoms. The molecule has 3 rings (SSSR count). The van der Waals surface area contributed by atoms with Gasteiger partial charge in [0.1, 0.15) is 5.75 Å². The highest BCUT2D eigenvalue weighted by Crippen LogP contribution is 2.27. The van der Waals surface area contributed by atoms with Crippen LogP contribution in [0.15, 0.2) is 53.0 Å². The summed E-state index contributed by atoms with van der Waals surface area (Å²) >= 11 is 3.40. The number of ether oxygens (including phenoxy) is 1. The van der Waals surface area contributed by atoms with E-state index >= 15 is 0 Å². The highest BCUT2D eigenvalue weighted by Gasteiger charge is 2.23. The molecule has 0 saturated carbocycles. The Balaban J connectivity index is 1.56. The fraction of sp³-hybridized carbons (Fsp3) is 0.235. The van der Waals surface area contributed by atoms with Crippen molar-refractivity contribution in [2.45, 2.75) is 12.8 Å². The number of benzene rings is 2. The van der Waals surface area contributed by atoms with Crippen LogP contribution in [0.5, 0.6) is 5.75 Å². The summed E-state index contributed by atoms with van der Waals surface area (Å²) in [5, 5.41) is 0. The summed E-state index contributed by atoms with van der Waals surface area (Å²) in [4.78, 5) is 14.2. The van der Waals surface area contributed by atoms with Gasteiger partial charge in [0.2, 0.25) is 5.91 Å². The summed E-state index contributed by atoms with van der Waals surface area (Å²) in [7, 11) is 0. The Morgan fingerprint density at radius 3 is 2.90 bits per heavy atom. The number of amides is 1. The first-order valence-corrected chi connectivity index (χ1v) is 7.80. The van der Waals surface area contributed by atoms with Gasteiger partial charge in [-0.3, -0.25) is 4.79 Å². The van der Waals surface area contributed by atoms with Gasteiger partial charge in [0, 0.05) is 16.7 Å². The lowest BCUT2D eigenvalue weighted by molar-refractivity contribution is -0.119. The molecule has 0 N–H and O–H groups in total. The molecule has 0 fully saturated rings. The Bertz CT molecular complexity index is 657. The van der Waals surface area contributed by atoms with Crippen LogP contribution >= 0.6 is 15.9 Å². The van der Waals surface area contributed by atoms with Gasteiger partial charge < -0.3 is 9.64 Å². The first-order chi connectivity index (χ1) is 10.2. The number of nitrogens with zero attached hydrogens (tertiary/aromatic N) is 1. The normalized spacial score (nSPS) is 13.1. The highest BCUT2D eigenvalue weighted by atomic mass is 79.9. The minimum atomic E-state index is 0.120. The maximum absolute atomic E-state index is 12.3. The summed E-state index contributed by atoms with van der Waals surface area (Å²) in [5.41, 5.74) is 2.30. The average molecular weight is 346 g/mol. The van der Waals surface area contributed by atoms with E-state index in [2.05, 4.69) is 22.0 Å². The number of fused-ring (bicyclic) bond motifs is 1. The number of halogens is 1. The third kappa shape index (κ3) is 3.27. The first kappa shape index (κ1) is 14.1. The van der Waals surface area contributed by atoms with Gasteiger partial charge in [0.05, 0.1) is 13.0 Å². The van der Waals surface area contributed by atoms with Gasteiger partial charge in [0.15, 0.2) is 0 Å². The zero-order valence-corrected chi connectivity index (χ0v) is 13.2. The van der Waals surface area contributed by atoms with Crippen LogP contribution in [-0.2, 0) is 11.2 Å². The number of hydrogen-bond acceptors (Lipinski definition) is 2. The zero-order chi connectivity index (χ0) is 14.7. The molecule has 0 aromatic heterocycles. The topological polar surface area (TPSA) is 29.5 Å². The van der Waals surface area contributed by atoms with Crippen molar-refractivity contribution < 1.29 is 9.53 Å². The lowest BCUT2D eigenvalue weighted by atomic mass is 10.2. The zero-order valence-electron chi connectivity index (χ0n) is 11.6. The minimum Gasteiger partial charge on any atom is -0.493 e. The maximum Gasteiger partial charge on any atom is 0.230 e. The Morgan fingerprint density at radius 1 is 1.19 bits per heavy atom. The Kier molecular flexibility index (Phi) is 4.25. The van der Waals surface area contributed by atoms with Crippen LogP contribution in [0.25, 0.3) is 0 Å². The van der Waals surface area contributed by atoms with E-state index in [1.165, 1.54) is 5.56 Å². The monoisotopic (exact) mass is 345 g/mol. The van der Waals surface area contributed by atoms with Gasteiger partial charge in [-0.1, -0.05) is 40.2 Å². The van der Waals surface area contributed by atoms with Crippen LogP contribution in [0.1, 0.15) is 12.0 Å². The summed E-state index contributed by atoms with van der Waals surface area (Å²) in [5.74, 6) is 0.897. The van der Waals surface area contributed by atoms with Gasteiger partial charge in [-0.2, -0.15) is 0 Å². The predicted octanol–water partition coefficient (Wildman–Crippen LogP) is 3.81. The highest BCUT2D eigenvalue weighted by molar-refractivity contribution is 9.10. The molecule has 1 aliphatic heterocycles. The summed E-state index contributed by atoms with van der Waals surface area (Å²) in [6.45, 7) is 1.17. The average Bonchev–Trinajstić information content (AvgIpc) is 2.91. The molecule has 0 spiro atoms. The van der Waals surface area contributed by atoms with Gasteiger partial charge >= 0.3 is 0 Å². The van der Waals surface area contributed by atoms with Crippen LogP contribution in [0.2, 0.25) is 0 Å². The number of para-hydroxylation sites is 1. The van der Waals surface area contributed by atoms with Gasteiger partial charge in [0.25, 0.3) is 0 Å². The van der Waals surface area contributed by atoms with Crippen molar-refractivity contribution in [1.29, 1.82) is 0 Å². The summed E-state index contributed by atoms with van der Waals surface area (Å²) in [6.07, 6.45) is 1.33. The number of hydrogen-bond donors (Lipinski definition) is 0. The SMILES string of the molecule is O=C(CCOc1cccc(Br)c1)N1CCc2ccccc21. The Labute approximate surface area is 132 Å².